The van der Waals surface area contributed by atoms with Crippen LogP contribution in [0.1, 0.15) is 0 Å². The summed E-state index contributed by atoms with van der Waals surface area (Å²) in [6, 6.07) is 19.6. The van der Waals surface area contributed by atoms with Crippen LogP contribution in [0.15, 0.2) is 65.1 Å². The van der Waals surface area contributed by atoms with E-state index in [4.69, 9.17) is 4.42 Å². The monoisotopic (exact) mass is 300 g/mol. The number of furan rings is 1. The molecule has 0 fully saturated rings. The predicted molar refractivity (Wildman–Crippen MR) is 88.9 cm³/mol. The molecule has 0 aliphatic rings. The number of aromatic amines is 2. The fourth-order valence-corrected chi connectivity index (χ4v) is 2.73. The molecule has 0 aliphatic carbocycles. The van der Waals surface area contributed by atoms with Crippen molar-refractivity contribution >= 4 is 22.1 Å². The highest BCUT2D eigenvalue weighted by Crippen LogP contribution is 2.28. The van der Waals surface area contributed by atoms with Crippen LogP contribution in [-0.2, 0) is 0 Å². The Morgan fingerprint density at radius 1 is 0.609 bits per heavy atom. The molecule has 0 bridgehead atoms. The van der Waals surface area contributed by atoms with Gasteiger partial charge in [0, 0.05) is 0 Å². The lowest BCUT2D eigenvalue weighted by Gasteiger charge is -1.91. The number of nitrogens with one attached hydrogen (secondary N) is 2. The van der Waals surface area contributed by atoms with Crippen molar-refractivity contribution in [3.63, 3.8) is 0 Å². The maximum Gasteiger partial charge on any atom is 0.174 e. The van der Waals surface area contributed by atoms with Crippen LogP contribution in [0.25, 0.3) is 45.2 Å². The van der Waals surface area contributed by atoms with Crippen LogP contribution >= 0.6 is 0 Å². The van der Waals surface area contributed by atoms with Gasteiger partial charge >= 0.3 is 0 Å². The minimum Gasteiger partial charge on any atom is -0.450 e. The molecular weight excluding hydrogens is 288 g/mol. The van der Waals surface area contributed by atoms with Gasteiger partial charge in [-0.3, -0.25) is 0 Å². The Bertz CT molecular complexity index is 978. The highest BCUT2D eigenvalue weighted by Gasteiger charge is 2.13. The molecule has 0 amide bonds. The van der Waals surface area contributed by atoms with E-state index in [9.17, 15) is 0 Å². The van der Waals surface area contributed by atoms with Crippen molar-refractivity contribution in [1.82, 2.24) is 19.9 Å². The van der Waals surface area contributed by atoms with E-state index in [0.29, 0.717) is 23.2 Å². The Morgan fingerprint density at radius 3 is 1.57 bits per heavy atom. The summed E-state index contributed by atoms with van der Waals surface area (Å²) in [6.07, 6.45) is 0. The molecule has 0 spiro atoms. The number of fused-ring (bicyclic) bond motifs is 2. The zero-order valence-corrected chi connectivity index (χ0v) is 12.1. The molecule has 5 heteroatoms. The highest BCUT2D eigenvalue weighted by atomic mass is 16.3. The summed E-state index contributed by atoms with van der Waals surface area (Å²) in [6.45, 7) is 0. The second-order valence-corrected chi connectivity index (χ2v) is 5.37. The molecule has 5 aromatic rings. The van der Waals surface area contributed by atoms with Gasteiger partial charge in [0.2, 0.25) is 0 Å². The third-order valence-corrected chi connectivity index (χ3v) is 3.85. The first kappa shape index (κ1) is 12.2. The SMILES string of the molecule is c1ccc2[nH]c(-c3ccc(-c4nc5ccccc5[nH]4)o3)nc2c1. The molecule has 5 nitrogen and oxygen atoms in total. The van der Waals surface area contributed by atoms with E-state index in [1.807, 2.05) is 60.7 Å². The molecule has 5 rings (SSSR count). The van der Waals surface area contributed by atoms with Crippen molar-refractivity contribution in [3.05, 3.63) is 60.7 Å². The Labute approximate surface area is 131 Å². The molecule has 0 radical (unpaired) electrons. The summed E-state index contributed by atoms with van der Waals surface area (Å²) >= 11 is 0. The summed E-state index contributed by atoms with van der Waals surface area (Å²) in [5, 5.41) is 0. The normalized spacial score (nSPS) is 11.5. The average molecular weight is 300 g/mol. The lowest BCUT2D eigenvalue weighted by atomic mass is 10.3. The second kappa shape index (κ2) is 4.58. The van der Waals surface area contributed by atoms with Crippen molar-refractivity contribution in [1.29, 1.82) is 0 Å². The summed E-state index contributed by atoms with van der Waals surface area (Å²) in [5.74, 6) is 2.82. The zero-order valence-electron chi connectivity index (χ0n) is 12.1. The second-order valence-electron chi connectivity index (χ2n) is 5.37. The molecule has 3 aromatic heterocycles. The molecule has 23 heavy (non-hydrogen) atoms. The van der Waals surface area contributed by atoms with Crippen molar-refractivity contribution < 1.29 is 4.42 Å². The number of para-hydroxylation sites is 4. The molecule has 3 heterocycles. The third kappa shape index (κ3) is 1.94. The van der Waals surface area contributed by atoms with E-state index < -0.39 is 0 Å². The smallest absolute Gasteiger partial charge is 0.174 e. The third-order valence-electron chi connectivity index (χ3n) is 3.85. The standard InChI is InChI=1S/C18H12N4O/c1-2-6-12-11(5-1)19-17(20-12)15-9-10-16(23-15)18-21-13-7-3-4-8-14(13)22-18/h1-10H,(H,19,20)(H,21,22). The van der Waals surface area contributed by atoms with Gasteiger partial charge in [-0.1, -0.05) is 24.3 Å². The number of benzene rings is 2. The maximum atomic E-state index is 5.93. The molecule has 0 aliphatic heterocycles. The minimum absolute atomic E-state index is 0.691. The molecule has 2 aromatic carbocycles. The highest BCUT2D eigenvalue weighted by molar-refractivity contribution is 5.80. The number of aromatic nitrogens is 4. The number of hydrogen-bond donors (Lipinski definition) is 2. The number of rotatable bonds is 2. The van der Waals surface area contributed by atoms with Gasteiger partial charge in [-0.15, -0.1) is 0 Å². The van der Waals surface area contributed by atoms with Crippen molar-refractivity contribution in [3.8, 4) is 23.2 Å². The van der Waals surface area contributed by atoms with Gasteiger partial charge in [0.05, 0.1) is 22.1 Å². The summed E-state index contributed by atoms with van der Waals surface area (Å²) in [5.41, 5.74) is 3.82. The van der Waals surface area contributed by atoms with Crippen LogP contribution in [0.4, 0.5) is 0 Å². The predicted octanol–water partition coefficient (Wildman–Crippen LogP) is 4.37. The lowest BCUT2D eigenvalue weighted by molar-refractivity contribution is 0.589. The van der Waals surface area contributed by atoms with Crippen LogP contribution in [-0.4, -0.2) is 19.9 Å². The quantitative estimate of drug-likeness (QED) is 0.508. The first-order valence-electron chi connectivity index (χ1n) is 7.37. The van der Waals surface area contributed by atoms with Crippen molar-refractivity contribution in [2.75, 3.05) is 0 Å². The molecule has 0 saturated carbocycles. The van der Waals surface area contributed by atoms with E-state index in [0.717, 1.165) is 22.1 Å². The first-order chi connectivity index (χ1) is 11.4. The summed E-state index contributed by atoms with van der Waals surface area (Å²) in [7, 11) is 0. The van der Waals surface area contributed by atoms with Gasteiger partial charge in [0.1, 0.15) is 0 Å². The Kier molecular flexibility index (Phi) is 2.43. The van der Waals surface area contributed by atoms with Crippen LogP contribution in [0.2, 0.25) is 0 Å². The van der Waals surface area contributed by atoms with E-state index >= 15 is 0 Å². The van der Waals surface area contributed by atoms with Gasteiger partial charge in [-0.05, 0) is 36.4 Å². The molecule has 110 valence electrons. The Balaban J connectivity index is 1.59. The van der Waals surface area contributed by atoms with Crippen molar-refractivity contribution in [2.45, 2.75) is 0 Å². The van der Waals surface area contributed by atoms with Crippen molar-refractivity contribution in [2.24, 2.45) is 0 Å². The topological polar surface area (TPSA) is 70.5 Å². The largest absolute Gasteiger partial charge is 0.450 e. The minimum atomic E-state index is 0.691. The average Bonchev–Trinajstić information content (AvgIpc) is 3.30. The Hall–Kier alpha value is -3.34. The number of imidazole rings is 2. The van der Waals surface area contributed by atoms with Gasteiger partial charge in [-0.25, -0.2) is 9.97 Å². The van der Waals surface area contributed by atoms with E-state index in [2.05, 4.69) is 19.9 Å². The lowest BCUT2D eigenvalue weighted by Crippen LogP contribution is -1.77. The summed E-state index contributed by atoms with van der Waals surface area (Å²) in [4.78, 5) is 15.6. The van der Waals surface area contributed by atoms with E-state index in [1.165, 1.54) is 0 Å². The fourth-order valence-electron chi connectivity index (χ4n) is 2.73. The number of H-pyrrole nitrogens is 2. The molecule has 2 N–H and O–H groups in total. The zero-order chi connectivity index (χ0) is 15.2. The van der Waals surface area contributed by atoms with Gasteiger partial charge < -0.3 is 14.4 Å². The molecular formula is C18H12N4O. The first-order valence-corrected chi connectivity index (χ1v) is 7.37. The number of nitrogens with zero attached hydrogens (tertiary/aromatic N) is 2. The Morgan fingerprint density at radius 2 is 1.09 bits per heavy atom. The van der Waals surface area contributed by atoms with Gasteiger partial charge in [-0.2, -0.15) is 0 Å². The summed E-state index contributed by atoms with van der Waals surface area (Å²) < 4.78 is 5.93. The van der Waals surface area contributed by atoms with Crippen LogP contribution in [0, 0.1) is 0 Å². The van der Waals surface area contributed by atoms with Crippen LogP contribution < -0.4 is 0 Å². The van der Waals surface area contributed by atoms with Gasteiger partial charge in [0.15, 0.2) is 23.2 Å². The number of hydrogen-bond acceptors (Lipinski definition) is 3. The van der Waals surface area contributed by atoms with Gasteiger partial charge in [0.25, 0.3) is 0 Å². The maximum absolute atomic E-state index is 5.93. The van der Waals surface area contributed by atoms with E-state index in [-0.39, 0.29) is 0 Å². The fraction of sp³-hybridized carbons (Fsp3) is 0. The molecule has 0 saturated heterocycles. The molecule has 0 unspecified atom stereocenters. The van der Waals surface area contributed by atoms with Crippen LogP contribution in [0.5, 0.6) is 0 Å². The molecule has 0 atom stereocenters. The van der Waals surface area contributed by atoms with E-state index in [1.54, 1.807) is 0 Å². The van der Waals surface area contributed by atoms with Crippen LogP contribution in [0.3, 0.4) is 0 Å².